The van der Waals surface area contributed by atoms with E-state index < -0.39 is 35.3 Å². The maximum absolute atomic E-state index is 12.4. The molecule has 1 N–H and O–H groups in total. The number of hydrogen-bond donors (Lipinski definition) is 1. The van der Waals surface area contributed by atoms with Gasteiger partial charge in [0.25, 0.3) is 0 Å². The normalized spacial score (nSPS) is 12.9. The molecule has 0 radical (unpaired) electrons. The van der Waals surface area contributed by atoms with Crippen LogP contribution in [0.2, 0.25) is 0 Å². The number of carbonyl (C=O) groups is 1. The van der Waals surface area contributed by atoms with E-state index in [0.717, 1.165) is 0 Å². The number of nitrogens with zero attached hydrogens (tertiary/aromatic N) is 2. The van der Waals surface area contributed by atoms with Crippen molar-refractivity contribution < 1.29 is 36.2 Å². The van der Waals surface area contributed by atoms with Crippen LogP contribution in [0, 0.1) is 0 Å². The summed E-state index contributed by atoms with van der Waals surface area (Å²) in [7, 11) is 0.688. The van der Waals surface area contributed by atoms with Gasteiger partial charge in [-0.25, -0.2) is 4.79 Å². The third kappa shape index (κ3) is 2.34. The molecular weight excluding hydrogens is 258 g/mol. The standard InChI is InChI=1S/C7H4F6N2O2/c1-15-3(5(16)17)2(6(8,9)10)4(14-15)7(11,12)13/h1H3,(H,16,17). The van der Waals surface area contributed by atoms with Crippen LogP contribution in [0.4, 0.5) is 26.3 Å². The van der Waals surface area contributed by atoms with Crippen molar-refractivity contribution in [2.24, 2.45) is 7.05 Å². The van der Waals surface area contributed by atoms with Gasteiger partial charge < -0.3 is 5.11 Å². The molecule has 0 saturated carbocycles. The van der Waals surface area contributed by atoms with Crippen LogP contribution >= 0.6 is 0 Å². The van der Waals surface area contributed by atoms with Crippen molar-refractivity contribution in [2.45, 2.75) is 12.4 Å². The second-order valence-corrected chi connectivity index (χ2v) is 3.00. The van der Waals surface area contributed by atoms with E-state index >= 15 is 0 Å². The predicted molar refractivity (Wildman–Crippen MR) is 40.2 cm³/mol. The number of rotatable bonds is 1. The van der Waals surface area contributed by atoms with Crippen LogP contribution in [-0.4, -0.2) is 20.9 Å². The maximum atomic E-state index is 12.4. The van der Waals surface area contributed by atoms with Gasteiger partial charge in [0.2, 0.25) is 0 Å². The zero-order valence-corrected chi connectivity index (χ0v) is 8.02. The molecule has 4 nitrogen and oxygen atoms in total. The van der Waals surface area contributed by atoms with Gasteiger partial charge in [-0.15, -0.1) is 0 Å². The molecule has 10 heteroatoms. The fourth-order valence-electron chi connectivity index (χ4n) is 1.24. The number of aromatic carboxylic acids is 1. The van der Waals surface area contributed by atoms with E-state index in [1.807, 2.05) is 0 Å². The fraction of sp³-hybridized carbons (Fsp3) is 0.429. The van der Waals surface area contributed by atoms with Gasteiger partial charge in [0.1, 0.15) is 5.56 Å². The van der Waals surface area contributed by atoms with Crippen molar-refractivity contribution in [3.8, 4) is 0 Å². The Labute approximate surface area is 89.4 Å². The molecule has 0 spiro atoms. The Morgan fingerprint density at radius 1 is 1.18 bits per heavy atom. The highest BCUT2D eigenvalue weighted by molar-refractivity contribution is 5.88. The molecule has 0 aliphatic carbocycles. The number of carboxylic acids is 1. The van der Waals surface area contributed by atoms with E-state index in [-0.39, 0.29) is 4.68 Å². The first kappa shape index (κ1) is 13.3. The van der Waals surface area contributed by atoms with Crippen LogP contribution in [0.3, 0.4) is 0 Å². The molecule has 0 aliphatic heterocycles. The molecule has 0 amide bonds. The average Bonchev–Trinajstić information content (AvgIpc) is 2.40. The van der Waals surface area contributed by atoms with Gasteiger partial charge in [-0.3, -0.25) is 4.68 Å². The van der Waals surface area contributed by atoms with Crippen LogP contribution in [0.5, 0.6) is 0 Å². The summed E-state index contributed by atoms with van der Waals surface area (Å²) in [6, 6.07) is 0. The quantitative estimate of drug-likeness (QED) is 0.789. The third-order valence-corrected chi connectivity index (χ3v) is 1.80. The Morgan fingerprint density at radius 3 is 1.94 bits per heavy atom. The molecule has 0 bridgehead atoms. The topological polar surface area (TPSA) is 55.1 Å². The number of halogens is 6. The van der Waals surface area contributed by atoms with Gasteiger partial charge in [-0.05, 0) is 0 Å². The van der Waals surface area contributed by atoms with Gasteiger partial charge >= 0.3 is 18.3 Å². The Morgan fingerprint density at radius 2 is 1.65 bits per heavy atom. The lowest BCUT2D eigenvalue weighted by molar-refractivity contribution is -0.164. The maximum Gasteiger partial charge on any atom is 0.435 e. The van der Waals surface area contributed by atoms with E-state index in [2.05, 4.69) is 5.10 Å². The predicted octanol–water partition coefficient (Wildman–Crippen LogP) is 2.16. The second kappa shape index (κ2) is 3.64. The highest BCUT2D eigenvalue weighted by atomic mass is 19.4. The van der Waals surface area contributed by atoms with Crippen molar-refractivity contribution in [2.75, 3.05) is 0 Å². The molecule has 1 rings (SSSR count). The first-order valence-corrected chi connectivity index (χ1v) is 3.91. The first-order valence-electron chi connectivity index (χ1n) is 3.91. The molecular formula is C7H4F6N2O2. The summed E-state index contributed by atoms with van der Waals surface area (Å²) < 4.78 is 74.0. The summed E-state index contributed by atoms with van der Waals surface area (Å²) in [5, 5.41) is 11.0. The number of alkyl halides is 6. The highest BCUT2D eigenvalue weighted by Gasteiger charge is 2.50. The Hall–Kier alpha value is -1.74. The van der Waals surface area contributed by atoms with Gasteiger partial charge in [0.05, 0.1) is 0 Å². The largest absolute Gasteiger partial charge is 0.477 e. The van der Waals surface area contributed by atoms with Crippen LogP contribution in [0.15, 0.2) is 0 Å². The Balaban J connectivity index is 3.66. The lowest BCUT2D eigenvalue weighted by atomic mass is 10.1. The van der Waals surface area contributed by atoms with E-state index in [1.54, 1.807) is 0 Å². The molecule has 0 aromatic carbocycles. The molecule has 0 unspecified atom stereocenters. The minimum atomic E-state index is -5.45. The summed E-state index contributed by atoms with van der Waals surface area (Å²) in [4.78, 5) is 10.5. The molecule has 17 heavy (non-hydrogen) atoms. The van der Waals surface area contributed by atoms with Crippen LogP contribution in [-0.2, 0) is 19.4 Å². The summed E-state index contributed by atoms with van der Waals surface area (Å²) in [6.45, 7) is 0. The molecule has 1 aromatic rings. The van der Waals surface area contributed by atoms with Crippen molar-refractivity contribution in [3.63, 3.8) is 0 Å². The number of aryl methyl sites for hydroxylation is 1. The minimum absolute atomic E-state index is 0.0357. The van der Waals surface area contributed by atoms with E-state index in [0.29, 0.717) is 7.05 Å². The zero-order valence-electron chi connectivity index (χ0n) is 8.02. The monoisotopic (exact) mass is 262 g/mol. The second-order valence-electron chi connectivity index (χ2n) is 3.00. The van der Waals surface area contributed by atoms with E-state index in [9.17, 15) is 31.1 Å². The van der Waals surface area contributed by atoms with Gasteiger partial charge in [-0.1, -0.05) is 0 Å². The Bertz CT molecular complexity index is 458. The zero-order chi connectivity index (χ0) is 13.6. The first-order chi connectivity index (χ1) is 7.46. The fourth-order valence-corrected chi connectivity index (χ4v) is 1.24. The molecule has 0 aliphatic rings. The van der Waals surface area contributed by atoms with Crippen LogP contribution in [0.1, 0.15) is 21.7 Å². The van der Waals surface area contributed by atoms with Crippen LogP contribution < -0.4 is 0 Å². The Kier molecular flexibility index (Phi) is 2.85. The van der Waals surface area contributed by atoms with Crippen LogP contribution in [0.25, 0.3) is 0 Å². The van der Waals surface area contributed by atoms with Gasteiger partial charge in [0, 0.05) is 7.05 Å². The van der Waals surface area contributed by atoms with Crippen molar-refractivity contribution in [1.82, 2.24) is 9.78 Å². The molecule has 96 valence electrons. The lowest BCUT2D eigenvalue weighted by Gasteiger charge is -2.09. The molecule has 0 fully saturated rings. The summed E-state index contributed by atoms with van der Waals surface area (Å²) >= 11 is 0. The lowest BCUT2D eigenvalue weighted by Crippen LogP contribution is -2.18. The van der Waals surface area contributed by atoms with Gasteiger partial charge in [-0.2, -0.15) is 31.4 Å². The molecule has 1 heterocycles. The summed E-state index contributed by atoms with van der Waals surface area (Å²) in [5.41, 5.74) is -6.10. The average molecular weight is 262 g/mol. The number of carboxylic acid groups (broad SMARTS) is 1. The highest BCUT2D eigenvalue weighted by Crippen LogP contribution is 2.41. The summed E-state index contributed by atoms with van der Waals surface area (Å²) in [6.07, 6.45) is -10.8. The van der Waals surface area contributed by atoms with E-state index in [1.165, 1.54) is 0 Å². The van der Waals surface area contributed by atoms with Crippen molar-refractivity contribution in [3.05, 3.63) is 17.0 Å². The minimum Gasteiger partial charge on any atom is -0.477 e. The molecule has 1 aromatic heterocycles. The SMILES string of the molecule is Cn1nc(C(F)(F)F)c(C(F)(F)F)c1C(=O)O. The summed E-state index contributed by atoms with van der Waals surface area (Å²) in [5.74, 6) is -2.14. The molecule has 0 atom stereocenters. The van der Waals surface area contributed by atoms with E-state index in [4.69, 9.17) is 5.11 Å². The third-order valence-electron chi connectivity index (χ3n) is 1.80. The van der Waals surface area contributed by atoms with Gasteiger partial charge in [0.15, 0.2) is 11.4 Å². The number of aromatic nitrogens is 2. The number of hydrogen-bond acceptors (Lipinski definition) is 2. The molecule has 0 saturated heterocycles. The van der Waals surface area contributed by atoms with Crippen molar-refractivity contribution >= 4 is 5.97 Å². The van der Waals surface area contributed by atoms with Crippen molar-refractivity contribution in [1.29, 1.82) is 0 Å². The smallest absolute Gasteiger partial charge is 0.435 e.